The summed E-state index contributed by atoms with van der Waals surface area (Å²) in [6.45, 7) is 3.63. The molecule has 116 valence electrons. The van der Waals surface area contributed by atoms with Gasteiger partial charge in [0.1, 0.15) is 11.3 Å². The van der Waals surface area contributed by atoms with Crippen molar-refractivity contribution >= 4 is 22.7 Å². The molecule has 0 spiro atoms. The van der Waals surface area contributed by atoms with E-state index < -0.39 is 11.9 Å². The number of hydrogen-bond acceptors (Lipinski definition) is 4. The van der Waals surface area contributed by atoms with E-state index in [0.717, 1.165) is 12.1 Å². The third-order valence-corrected chi connectivity index (χ3v) is 3.65. The van der Waals surface area contributed by atoms with Gasteiger partial charge in [0.25, 0.3) is 0 Å². The number of carboxylic acids is 1. The van der Waals surface area contributed by atoms with Crippen molar-refractivity contribution in [2.75, 3.05) is 7.11 Å². The molecule has 1 heterocycles. The number of carbonyl (C=O) groups excluding carboxylic acids is 1. The maximum absolute atomic E-state index is 12.5. The lowest BCUT2D eigenvalue weighted by Crippen LogP contribution is -2.16. The number of aromatic nitrogens is 1. The first-order valence-electron chi connectivity index (χ1n) is 7.20. The van der Waals surface area contributed by atoms with E-state index in [1.54, 1.807) is 26.2 Å². The predicted octanol–water partition coefficient (Wildman–Crippen LogP) is 3.10. The van der Waals surface area contributed by atoms with Crippen LogP contribution in [0.5, 0.6) is 5.75 Å². The number of fused-ring (bicyclic) bond motifs is 1. The van der Waals surface area contributed by atoms with Crippen LogP contribution in [0.25, 0.3) is 10.9 Å². The van der Waals surface area contributed by atoms with Gasteiger partial charge in [0.2, 0.25) is 0 Å². The summed E-state index contributed by atoms with van der Waals surface area (Å²) >= 11 is 0. The highest BCUT2D eigenvalue weighted by Crippen LogP contribution is 2.29. The molecule has 0 unspecified atom stereocenters. The molecule has 2 rings (SSSR count). The van der Waals surface area contributed by atoms with Crippen LogP contribution in [-0.2, 0) is 11.2 Å². The number of methoxy groups -OCH3 is 1. The molecule has 22 heavy (non-hydrogen) atoms. The number of carbonyl (C=O) groups is 2. The van der Waals surface area contributed by atoms with E-state index in [1.807, 2.05) is 19.1 Å². The van der Waals surface area contributed by atoms with Crippen LogP contribution in [0, 0.1) is 5.92 Å². The zero-order chi connectivity index (χ0) is 16.3. The molecule has 1 atom stereocenters. The third kappa shape index (κ3) is 3.08. The molecule has 5 heteroatoms. The second-order valence-electron chi connectivity index (χ2n) is 5.23. The Morgan fingerprint density at radius 3 is 2.59 bits per heavy atom. The topological polar surface area (TPSA) is 76.5 Å². The van der Waals surface area contributed by atoms with E-state index in [9.17, 15) is 9.59 Å². The van der Waals surface area contributed by atoms with Crippen molar-refractivity contribution in [3.05, 3.63) is 35.5 Å². The van der Waals surface area contributed by atoms with Gasteiger partial charge < -0.3 is 9.84 Å². The molecule has 0 aliphatic heterocycles. The summed E-state index contributed by atoms with van der Waals surface area (Å²) in [4.78, 5) is 27.9. The van der Waals surface area contributed by atoms with Crippen LogP contribution < -0.4 is 4.74 Å². The molecule has 1 aromatic carbocycles. The molecular formula is C17H19NO4. The van der Waals surface area contributed by atoms with Crippen LogP contribution in [0.1, 0.15) is 36.3 Å². The average Bonchev–Trinajstić information content (AvgIpc) is 2.51. The van der Waals surface area contributed by atoms with E-state index in [4.69, 9.17) is 9.84 Å². The number of hydrogen-bond donors (Lipinski definition) is 1. The number of ether oxygens (including phenoxy) is 1. The zero-order valence-electron chi connectivity index (χ0n) is 12.9. The van der Waals surface area contributed by atoms with Crippen LogP contribution in [0.2, 0.25) is 0 Å². The standard InChI is InChI=1S/C17H19NO4/c1-4-11-5-6-12-13(17(21)10(2)9-15(19)20)7-8-14(22-3)16(12)18-11/h5-8,10H,4,9H2,1-3H3,(H,19,20)/t10-/m0/s1. The van der Waals surface area contributed by atoms with Crippen molar-refractivity contribution in [1.29, 1.82) is 0 Å². The molecular weight excluding hydrogens is 282 g/mol. The van der Waals surface area contributed by atoms with Gasteiger partial charge in [0, 0.05) is 22.6 Å². The molecule has 0 amide bonds. The molecule has 0 saturated carbocycles. The first-order valence-corrected chi connectivity index (χ1v) is 7.20. The maximum Gasteiger partial charge on any atom is 0.304 e. The Morgan fingerprint density at radius 2 is 2.00 bits per heavy atom. The fourth-order valence-corrected chi connectivity index (χ4v) is 2.43. The Bertz CT molecular complexity index is 724. The van der Waals surface area contributed by atoms with Crippen LogP contribution >= 0.6 is 0 Å². The summed E-state index contributed by atoms with van der Waals surface area (Å²) in [5, 5.41) is 9.55. The Labute approximate surface area is 128 Å². The van der Waals surface area contributed by atoms with Crippen molar-refractivity contribution in [1.82, 2.24) is 4.98 Å². The number of nitrogens with zero attached hydrogens (tertiary/aromatic N) is 1. The molecule has 0 radical (unpaired) electrons. The Balaban J connectivity index is 2.55. The minimum Gasteiger partial charge on any atom is -0.494 e. The Kier molecular flexibility index (Phi) is 4.75. The molecule has 5 nitrogen and oxygen atoms in total. The first kappa shape index (κ1) is 15.9. The van der Waals surface area contributed by atoms with Gasteiger partial charge in [0.05, 0.1) is 13.5 Å². The van der Waals surface area contributed by atoms with E-state index in [2.05, 4.69) is 4.98 Å². The zero-order valence-corrected chi connectivity index (χ0v) is 12.9. The van der Waals surface area contributed by atoms with Crippen molar-refractivity contribution in [2.24, 2.45) is 5.92 Å². The maximum atomic E-state index is 12.5. The van der Waals surface area contributed by atoms with Crippen LogP contribution in [0.3, 0.4) is 0 Å². The van der Waals surface area contributed by atoms with E-state index in [1.165, 1.54) is 0 Å². The average molecular weight is 301 g/mol. The van der Waals surface area contributed by atoms with Crippen LogP contribution in [0.4, 0.5) is 0 Å². The normalized spacial score (nSPS) is 12.1. The summed E-state index contributed by atoms with van der Waals surface area (Å²) in [5.41, 5.74) is 2.03. The summed E-state index contributed by atoms with van der Waals surface area (Å²) in [6.07, 6.45) is 0.597. The lowest BCUT2D eigenvalue weighted by molar-refractivity contribution is -0.137. The number of rotatable bonds is 6. The van der Waals surface area contributed by atoms with Crippen LogP contribution in [0.15, 0.2) is 24.3 Å². The molecule has 0 fully saturated rings. The highest BCUT2D eigenvalue weighted by molar-refractivity contribution is 6.10. The van der Waals surface area contributed by atoms with E-state index in [0.29, 0.717) is 22.2 Å². The van der Waals surface area contributed by atoms with Crippen molar-refractivity contribution in [3.8, 4) is 5.75 Å². The smallest absolute Gasteiger partial charge is 0.304 e. The van der Waals surface area contributed by atoms with Gasteiger partial charge in [-0.3, -0.25) is 9.59 Å². The molecule has 2 aromatic rings. The fourth-order valence-electron chi connectivity index (χ4n) is 2.43. The quantitative estimate of drug-likeness (QED) is 0.830. The summed E-state index contributed by atoms with van der Waals surface area (Å²) in [6, 6.07) is 7.11. The van der Waals surface area contributed by atoms with Gasteiger partial charge in [-0.1, -0.05) is 19.9 Å². The largest absolute Gasteiger partial charge is 0.494 e. The minimum atomic E-state index is -0.981. The first-order chi connectivity index (χ1) is 10.5. The Morgan fingerprint density at radius 1 is 1.27 bits per heavy atom. The minimum absolute atomic E-state index is 0.188. The number of aryl methyl sites for hydroxylation is 1. The number of carboxylic acid groups (broad SMARTS) is 1. The van der Waals surface area contributed by atoms with Gasteiger partial charge in [-0.2, -0.15) is 0 Å². The van der Waals surface area contributed by atoms with Crippen molar-refractivity contribution in [3.63, 3.8) is 0 Å². The van der Waals surface area contributed by atoms with Gasteiger partial charge in [-0.15, -0.1) is 0 Å². The lowest BCUT2D eigenvalue weighted by Gasteiger charge is -2.13. The van der Waals surface area contributed by atoms with Gasteiger partial charge in [-0.25, -0.2) is 4.98 Å². The van der Waals surface area contributed by atoms with Crippen molar-refractivity contribution in [2.45, 2.75) is 26.7 Å². The lowest BCUT2D eigenvalue weighted by atomic mass is 9.93. The molecule has 0 saturated heterocycles. The summed E-state index contributed by atoms with van der Waals surface area (Å²) in [5.74, 6) is -1.15. The summed E-state index contributed by atoms with van der Waals surface area (Å²) < 4.78 is 5.32. The van der Waals surface area contributed by atoms with Crippen LogP contribution in [-0.4, -0.2) is 29.0 Å². The predicted molar refractivity (Wildman–Crippen MR) is 83.4 cm³/mol. The SMILES string of the molecule is CCc1ccc2c(C(=O)[C@@H](C)CC(=O)O)ccc(OC)c2n1. The molecule has 1 aromatic heterocycles. The third-order valence-electron chi connectivity index (χ3n) is 3.65. The number of benzene rings is 1. The van der Waals surface area contributed by atoms with Gasteiger partial charge in [-0.05, 0) is 24.6 Å². The molecule has 0 aliphatic rings. The molecule has 0 bridgehead atoms. The highest BCUT2D eigenvalue weighted by Gasteiger charge is 2.21. The number of ketones is 1. The Hall–Kier alpha value is -2.43. The fraction of sp³-hybridized carbons (Fsp3) is 0.353. The second-order valence-corrected chi connectivity index (χ2v) is 5.23. The van der Waals surface area contributed by atoms with E-state index in [-0.39, 0.29) is 12.2 Å². The summed E-state index contributed by atoms with van der Waals surface area (Å²) in [7, 11) is 1.56. The number of pyridine rings is 1. The second kappa shape index (κ2) is 6.56. The van der Waals surface area contributed by atoms with Gasteiger partial charge >= 0.3 is 5.97 Å². The molecule has 1 N–H and O–H groups in total. The highest BCUT2D eigenvalue weighted by atomic mass is 16.5. The van der Waals surface area contributed by atoms with Crippen molar-refractivity contribution < 1.29 is 19.4 Å². The number of Topliss-reactive ketones (excluding diaryl/α,β-unsaturated/α-hetero) is 1. The molecule has 0 aliphatic carbocycles. The van der Waals surface area contributed by atoms with E-state index >= 15 is 0 Å². The monoisotopic (exact) mass is 301 g/mol. The number of aliphatic carboxylic acids is 1. The van der Waals surface area contributed by atoms with Gasteiger partial charge in [0.15, 0.2) is 5.78 Å².